The fourth-order valence-corrected chi connectivity index (χ4v) is 2.87. The predicted molar refractivity (Wildman–Crippen MR) is 68.9 cm³/mol. The number of hydrogen-bond donors (Lipinski definition) is 2. The molecule has 1 unspecified atom stereocenters. The molecule has 0 amide bonds. The molecule has 18 heavy (non-hydrogen) atoms. The highest BCUT2D eigenvalue weighted by molar-refractivity contribution is 6.31. The van der Waals surface area contributed by atoms with Gasteiger partial charge in [-0.15, -0.1) is 0 Å². The number of nitrogens with zero attached hydrogens (tertiary/aromatic N) is 2. The van der Waals surface area contributed by atoms with Crippen LogP contribution in [0.4, 0.5) is 0 Å². The third-order valence-corrected chi connectivity index (χ3v) is 4.06. The highest BCUT2D eigenvalue weighted by Crippen LogP contribution is 2.29. The zero-order valence-corrected chi connectivity index (χ0v) is 11.4. The Morgan fingerprint density at radius 3 is 2.83 bits per heavy atom. The summed E-state index contributed by atoms with van der Waals surface area (Å²) in [5.41, 5.74) is 0.737. The van der Waals surface area contributed by atoms with E-state index in [0.29, 0.717) is 17.9 Å². The van der Waals surface area contributed by atoms with Crippen molar-refractivity contribution in [1.29, 1.82) is 0 Å². The van der Waals surface area contributed by atoms with E-state index >= 15 is 0 Å². The van der Waals surface area contributed by atoms with Gasteiger partial charge in [0.15, 0.2) is 0 Å². The molecular weight excluding hydrogens is 254 g/mol. The van der Waals surface area contributed by atoms with E-state index < -0.39 is 11.5 Å². The van der Waals surface area contributed by atoms with E-state index in [1.54, 1.807) is 4.68 Å². The van der Waals surface area contributed by atoms with Gasteiger partial charge in [-0.25, -0.2) is 0 Å². The number of nitrogens with one attached hydrogen (secondary N) is 1. The average Bonchev–Trinajstić information content (AvgIpc) is 2.90. The number of halogens is 1. The molecule has 1 aromatic rings. The highest BCUT2D eigenvalue weighted by Gasteiger charge is 2.42. The molecule has 0 bridgehead atoms. The van der Waals surface area contributed by atoms with Gasteiger partial charge in [-0.1, -0.05) is 18.5 Å². The van der Waals surface area contributed by atoms with Gasteiger partial charge in [0, 0.05) is 13.5 Å². The molecular formula is C12H18ClN3O2. The quantitative estimate of drug-likeness (QED) is 0.868. The Morgan fingerprint density at radius 1 is 1.67 bits per heavy atom. The predicted octanol–water partition coefficient (Wildman–Crippen LogP) is 1.39. The van der Waals surface area contributed by atoms with Crippen molar-refractivity contribution in [2.75, 3.05) is 6.54 Å². The third kappa shape index (κ3) is 2.12. The summed E-state index contributed by atoms with van der Waals surface area (Å²) in [6.07, 6.45) is 2.64. The molecule has 2 rings (SSSR count). The van der Waals surface area contributed by atoms with Gasteiger partial charge in [-0.2, -0.15) is 5.10 Å². The molecule has 2 N–H and O–H groups in total. The Kier molecular flexibility index (Phi) is 3.64. The monoisotopic (exact) mass is 271 g/mol. The summed E-state index contributed by atoms with van der Waals surface area (Å²) in [7, 11) is 1.81. The summed E-state index contributed by atoms with van der Waals surface area (Å²) < 4.78 is 1.70. The van der Waals surface area contributed by atoms with E-state index in [4.69, 9.17) is 11.6 Å². The first-order chi connectivity index (χ1) is 8.50. The number of rotatable bonds is 4. The maximum atomic E-state index is 11.5. The fraction of sp³-hybridized carbons (Fsp3) is 0.667. The number of carboxylic acid groups (broad SMARTS) is 1. The Labute approximate surface area is 111 Å². The van der Waals surface area contributed by atoms with Gasteiger partial charge in [0.2, 0.25) is 0 Å². The van der Waals surface area contributed by atoms with Gasteiger partial charge >= 0.3 is 5.97 Å². The van der Waals surface area contributed by atoms with Gasteiger partial charge in [0.05, 0.1) is 16.4 Å². The molecule has 1 aromatic heterocycles. The van der Waals surface area contributed by atoms with Crippen molar-refractivity contribution in [3.8, 4) is 0 Å². The normalized spacial score (nSPS) is 23.5. The molecule has 0 aliphatic carbocycles. The van der Waals surface area contributed by atoms with Crippen LogP contribution in [0.1, 0.15) is 31.2 Å². The molecule has 0 radical (unpaired) electrons. The van der Waals surface area contributed by atoms with Gasteiger partial charge in [0.25, 0.3) is 0 Å². The first kappa shape index (κ1) is 13.4. The number of aliphatic carboxylic acids is 1. The van der Waals surface area contributed by atoms with Gasteiger partial charge in [0.1, 0.15) is 5.54 Å². The first-order valence-electron chi connectivity index (χ1n) is 6.19. The SMILES string of the molecule is CCc1nn(C)c(CC2(C(=O)O)CCCN2)c1Cl. The van der Waals surface area contributed by atoms with Gasteiger partial charge in [-0.3, -0.25) is 9.48 Å². The molecule has 5 nitrogen and oxygen atoms in total. The zero-order chi connectivity index (χ0) is 13.3. The molecule has 1 saturated heterocycles. The summed E-state index contributed by atoms with van der Waals surface area (Å²) >= 11 is 6.27. The van der Waals surface area contributed by atoms with Crippen molar-refractivity contribution in [3.63, 3.8) is 0 Å². The summed E-state index contributed by atoms with van der Waals surface area (Å²) in [5.74, 6) is -0.810. The van der Waals surface area contributed by atoms with Gasteiger partial charge in [-0.05, 0) is 25.8 Å². The molecule has 6 heteroatoms. The number of aromatic nitrogens is 2. The van der Waals surface area contributed by atoms with Crippen molar-refractivity contribution in [1.82, 2.24) is 15.1 Å². The van der Waals surface area contributed by atoms with Crippen LogP contribution < -0.4 is 5.32 Å². The largest absolute Gasteiger partial charge is 0.480 e. The lowest BCUT2D eigenvalue weighted by Crippen LogP contribution is -2.49. The topological polar surface area (TPSA) is 67.2 Å². The van der Waals surface area contributed by atoms with E-state index in [1.807, 2.05) is 14.0 Å². The summed E-state index contributed by atoms with van der Waals surface area (Å²) in [5, 5.41) is 17.5. The average molecular weight is 272 g/mol. The van der Waals surface area contributed by atoms with Gasteiger partial charge < -0.3 is 10.4 Å². The standard InChI is InChI=1S/C12H18ClN3O2/c1-3-8-10(13)9(16(2)15-8)7-12(11(17)18)5-4-6-14-12/h14H,3-7H2,1-2H3,(H,17,18). The first-order valence-corrected chi connectivity index (χ1v) is 6.56. The van der Waals surface area contributed by atoms with Crippen LogP contribution in [-0.4, -0.2) is 32.9 Å². The molecule has 2 heterocycles. The smallest absolute Gasteiger partial charge is 0.324 e. The molecule has 0 saturated carbocycles. The molecule has 1 aliphatic heterocycles. The van der Waals surface area contributed by atoms with Crippen LogP contribution in [0.3, 0.4) is 0 Å². The van der Waals surface area contributed by atoms with Crippen molar-refractivity contribution < 1.29 is 9.90 Å². The Morgan fingerprint density at radius 2 is 2.39 bits per heavy atom. The molecule has 1 fully saturated rings. The highest BCUT2D eigenvalue weighted by atomic mass is 35.5. The summed E-state index contributed by atoms with van der Waals surface area (Å²) in [6, 6.07) is 0. The van der Waals surface area contributed by atoms with Crippen molar-refractivity contribution in [2.24, 2.45) is 7.05 Å². The van der Waals surface area contributed by atoms with Crippen LogP contribution in [0.25, 0.3) is 0 Å². The summed E-state index contributed by atoms with van der Waals surface area (Å²) in [6.45, 7) is 2.72. The van der Waals surface area contributed by atoms with E-state index in [1.165, 1.54) is 0 Å². The number of hydrogen-bond acceptors (Lipinski definition) is 3. The maximum Gasteiger partial charge on any atom is 0.324 e. The molecule has 100 valence electrons. The van der Waals surface area contributed by atoms with Crippen LogP contribution in [-0.2, 0) is 24.7 Å². The lowest BCUT2D eigenvalue weighted by atomic mass is 9.91. The number of aryl methyl sites for hydroxylation is 2. The number of carboxylic acids is 1. The van der Waals surface area contributed by atoms with Crippen LogP contribution in [0.2, 0.25) is 5.02 Å². The zero-order valence-electron chi connectivity index (χ0n) is 10.7. The maximum absolute atomic E-state index is 11.5. The van der Waals surface area contributed by atoms with Crippen molar-refractivity contribution in [2.45, 2.75) is 38.1 Å². The molecule has 0 spiro atoms. The van der Waals surface area contributed by atoms with E-state index in [0.717, 1.165) is 30.8 Å². The van der Waals surface area contributed by atoms with Crippen LogP contribution >= 0.6 is 11.6 Å². The Balaban J connectivity index is 2.33. The van der Waals surface area contributed by atoms with Crippen molar-refractivity contribution in [3.05, 3.63) is 16.4 Å². The molecule has 0 aromatic carbocycles. The van der Waals surface area contributed by atoms with Crippen LogP contribution in [0.5, 0.6) is 0 Å². The van der Waals surface area contributed by atoms with E-state index in [-0.39, 0.29) is 0 Å². The second-order valence-corrected chi connectivity index (χ2v) is 5.16. The second-order valence-electron chi connectivity index (χ2n) is 4.78. The molecule has 1 aliphatic rings. The summed E-state index contributed by atoms with van der Waals surface area (Å²) in [4.78, 5) is 11.5. The third-order valence-electron chi connectivity index (χ3n) is 3.63. The Hall–Kier alpha value is -1.07. The minimum absolute atomic E-state index is 0.380. The van der Waals surface area contributed by atoms with Crippen LogP contribution in [0.15, 0.2) is 0 Å². The lowest BCUT2D eigenvalue weighted by Gasteiger charge is -2.24. The van der Waals surface area contributed by atoms with Crippen molar-refractivity contribution >= 4 is 17.6 Å². The van der Waals surface area contributed by atoms with Crippen LogP contribution in [0, 0.1) is 0 Å². The minimum atomic E-state index is -0.886. The second kappa shape index (κ2) is 4.90. The number of carbonyl (C=O) groups is 1. The lowest BCUT2D eigenvalue weighted by molar-refractivity contribution is -0.144. The van der Waals surface area contributed by atoms with E-state index in [2.05, 4.69) is 10.4 Å². The fourth-order valence-electron chi connectivity index (χ4n) is 2.51. The van der Waals surface area contributed by atoms with E-state index in [9.17, 15) is 9.90 Å². The minimum Gasteiger partial charge on any atom is -0.480 e. The molecule has 1 atom stereocenters. The Bertz CT molecular complexity index is 464.